The molecule has 1 aromatic carbocycles. The standard InChI is InChI=1S/C14H12N4O/c1-9-11(14(15)19)8-16-18(9)13-7-6-10-4-2-3-5-12(10)17-13/h2-8H,1H3,(H2,15,19). The zero-order valence-electron chi connectivity index (χ0n) is 10.4. The zero-order valence-corrected chi connectivity index (χ0v) is 10.4. The number of rotatable bonds is 2. The number of carbonyl (C=O) groups excluding carboxylic acids is 1. The van der Waals surface area contributed by atoms with E-state index in [1.165, 1.54) is 6.20 Å². The van der Waals surface area contributed by atoms with E-state index in [4.69, 9.17) is 5.73 Å². The smallest absolute Gasteiger partial charge is 0.252 e. The van der Waals surface area contributed by atoms with Crippen LogP contribution in [0.4, 0.5) is 0 Å². The van der Waals surface area contributed by atoms with Crippen LogP contribution in [0, 0.1) is 6.92 Å². The number of hydrogen-bond acceptors (Lipinski definition) is 3. The van der Waals surface area contributed by atoms with Gasteiger partial charge < -0.3 is 5.73 Å². The molecule has 2 N–H and O–H groups in total. The number of hydrogen-bond donors (Lipinski definition) is 1. The summed E-state index contributed by atoms with van der Waals surface area (Å²) in [7, 11) is 0. The molecule has 0 bridgehead atoms. The first-order valence-electron chi connectivity index (χ1n) is 5.87. The molecule has 0 aliphatic heterocycles. The molecule has 0 saturated heterocycles. The number of nitrogens with zero attached hydrogens (tertiary/aromatic N) is 3. The van der Waals surface area contributed by atoms with Crippen molar-refractivity contribution in [2.75, 3.05) is 0 Å². The van der Waals surface area contributed by atoms with Crippen LogP contribution < -0.4 is 5.73 Å². The monoisotopic (exact) mass is 252 g/mol. The Morgan fingerprint density at radius 2 is 2.00 bits per heavy atom. The van der Waals surface area contributed by atoms with Crippen molar-refractivity contribution in [3.05, 3.63) is 53.9 Å². The number of primary amides is 1. The second kappa shape index (κ2) is 4.20. The van der Waals surface area contributed by atoms with Crippen molar-refractivity contribution in [2.24, 2.45) is 5.73 Å². The Bertz CT molecular complexity index is 776. The van der Waals surface area contributed by atoms with Gasteiger partial charge >= 0.3 is 0 Å². The summed E-state index contributed by atoms with van der Waals surface area (Å²) in [4.78, 5) is 15.8. The maximum absolute atomic E-state index is 11.2. The van der Waals surface area contributed by atoms with Crippen molar-refractivity contribution in [1.29, 1.82) is 0 Å². The number of benzene rings is 1. The number of para-hydroxylation sites is 1. The van der Waals surface area contributed by atoms with Gasteiger partial charge in [-0.3, -0.25) is 4.79 Å². The molecule has 0 atom stereocenters. The van der Waals surface area contributed by atoms with Gasteiger partial charge in [0.1, 0.15) is 0 Å². The summed E-state index contributed by atoms with van der Waals surface area (Å²) in [5, 5.41) is 5.23. The van der Waals surface area contributed by atoms with E-state index >= 15 is 0 Å². The Morgan fingerprint density at radius 3 is 2.74 bits per heavy atom. The summed E-state index contributed by atoms with van der Waals surface area (Å²) < 4.78 is 1.62. The number of fused-ring (bicyclic) bond motifs is 1. The van der Waals surface area contributed by atoms with E-state index in [9.17, 15) is 4.79 Å². The molecule has 5 nitrogen and oxygen atoms in total. The van der Waals surface area contributed by atoms with Crippen molar-refractivity contribution in [2.45, 2.75) is 6.92 Å². The zero-order chi connectivity index (χ0) is 13.4. The largest absolute Gasteiger partial charge is 0.365 e. The molecule has 2 heterocycles. The van der Waals surface area contributed by atoms with E-state index in [-0.39, 0.29) is 0 Å². The van der Waals surface area contributed by atoms with E-state index in [1.807, 2.05) is 36.4 Å². The number of carbonyl (C=O) groups is 1. The molecule has 0 aliphatic rings. The molecular weight excluding hydrogens is 240 g/mol. The number of amides is 1. The van der Waals surface area contributed by atoms with E-state index in [1.54, 1.807) is 11.6 Å². The van der Waals surface area contributed by atoms with Crippen molar-refractivity contribution in [3.8, 4) is 5.82 Å². The normalized spacial score (nSPS) is 10.8. The first-order chi connectivity index (χ1) is 9.16. The Kier molecular flexibility index (Phi) is 2.52. The average Bonchev–Trinajstić information content (AvgIpc) is 2.80. The molecule has 2 aromatic heterocycles. The molecule has 5 heteroatoms. The lowest BCUT2D eigenvalue weighted by molar-refractivity contribution is 0.0999. The van der Waals surface area contributed by atoms with Gasteiger partial charge in [-0.05, 0) is 25.1 Å². The molecule has 0 spiro atoms. The summed E-state index contributed by atoms with van der Waals surface area (Å²) in [6, 6.07) is 11.7. The second-order valence-corrected chi connectivity index (χ2v) is 4.28. The first kappa shape index (κ1) is 11.4. The van der Waals surface area contributed by atoms with Gasteiger partial charge in [0.25, 0.3) is 5.91 Å². The predicted molar refractivity (Wildman–Crippen MR) is 72.1 cm³/mol. The number of aromatic nitrogens is 3. The van der Waals surface area contributed by atoms with Gasteiger partial charge in [0.15, 0.2) is 5.82 Å². The first-order valence-corrected chi connectivity index (χ1v) is 5.87. The van der Waals surface area contributed by atoms with Gasteiger partial charge in [0.05, 0.1) is 23.0 Å². The molecule has 0 saturated carbocycles. The lowest BCUT2D eigenvalue weighted by Gasteiger charge is -2.05. The Balaban J connectivity index is 2.16. The molecule has 0 fully saturated rings. The number of nitrogens with two attached hydrogens (primary N) is 1. The lowest BCUT2D eigenvalue weighted by Crippen LogP contribution is -2.12. The van der Waals surface area contributed by atoms with Crippen molar-refractivity contribution in [1.82, 2.24) is 14.8 Å². The molecule has 3 aromatic rings. The molecule has 19 heavy (non-hydrogen) atoms. The topological polar surface area (TPSA) is 73.8 Å². The second-order valence-electron chi connectivity index (χ2n) is 4.28. The molecular formula is C14H12N4O. The molecule has 1 amide bonds. The summed E-state index contributed by atoms with van der Waals surface area (Å²) in [5.41, 5.74) is 7.27. The van der Waals surface area contributed by atoms with Crippen LogP contribution in [0.3, 0.4) is 0 Å². The highest BCUT2D eigenvalue weighted by Crippen LogP contribution is 2.16. The average molecular weight is 252 g/mol. The minimum absolute atomic E-state index is 0.412. The maximum Gasteiger partial charge on any atom is 0.252 e. The van der Waals surface area contributed by atoms with Crippen LogP contribution in [0.1, 0.15) is 16.1 Å². The van der Waals surface area contributed by atoms with Gasteiger partial charge in [-0.2, -0.15) is 5.10 Å². The van der Waals surface area contributed by atoms with E-state index in [2.05, 4.69) is 10.1 Å². The van der Waals surface area contributed by atoms with Crippen LogP contribution in [-0.4, -0.2) is 20.7 Å². The van der Waals surface area contributed by atoms with Gasteiger partial charge in [-0.15, -0.1) is 0 Å². The summed E-state index contributed by atoms with van der Waals surface area (Å²) in [5.74, 6) is 0.188. The van der Waals surface area contributed by atoms with Gasteiger partial charge in [0, 0.05) is 5.39 Å². The van der Waals surface area contributed by atoms with Crippen molar-refractivity contribution in [3.63, 3.8) is 0 Å². The summed E-state index contributed by atoms with van der Waals surface area (Å²) in [6.07, 6.45) is 1.47. The molecule has 94 valence electrons. The fourth-order valence-corrected chi connectivity index (χ4v) is 2.06. The fraction of sp³-hybridized carbons (Fsp3) is 0.0714. The van der Waals surface area contributed by atoms with Crippen molar-refractivity contribution < 1.29 is 4.79 Å². The third-order valence-corrected chi connectivity index (χ3v) is 3.08. The molecule has 0 unspecified atom stereocenters. The minimum atomic E-state index is -0.482. The highest BCUT2D eigenvalue weighted by atomic mass is 16.1. The predicted octanol–water partition coefficient (Wildman–Crippen LogP) is 1.83. The van der Waals surface area contributed by atoms with Crippen LogP contribution in [0.15, 0.2) is 42.6 Å². The quantitative estimate of drug-likeness (QED) is 0.756. The van der Waals surface area contributed by atoms with Crippen LogP contribution >= 0.6 is 0 Å². The van der Waals surface area contributed by atoms with Crippen LogP contribution in [0.5, 0.6) is 0 Å². The van der Waals surface area contributed by atoms with Crippen LogP contribution in [0.25, 0.3) is 16.7 Å². The SMILES string of the molecule is Cc1c(C(N)=O)cnn1-c1ccc2ccccc2n1. The maximum atomic E-state index is 11.2. The minimum Gasteiger partial charge on any atom is -0.365 e. The third kappa shape index (κ3) is 1.85. The molecule has 0 aliphatic carbocycles. The fourth-order valence-electron chi connectivity index (χ4n) is 2.06. The van der Waals surface area contributed by atoms with Gasteiger partial charge in [-0.1, -0.05) is 18.2 Å². The molecule has 3 rings (SSSR count). The van der Waals surface area contributed by atoms with E-state index in [0.717, 1.165) is 10.9 Å². The van der Waals surface area contributed by atoms with Crippen molar-refractivity contribution >= 4 is 16.8 Å². The van der Waals surface area contributed by atoms with E-state index in [0.29, 0.717) is 17.1 Å². The molecule has 0 radical (unpaired) electrons. The van der Waals surface area contributed by atoms with Crippen LogP contribution in [-0.2, 0) is 0 Å². The Labute approximate surface area is 109 Å². The highest BCUT2D eigenvalue weighted by molar-refractivity contribution is 5.93. The Hall–Kier alpha value is -2.69. The summed E-state index contributed by atoms with van der Waals surface area (Å²) in [6.45, 7) is 1.80. The van der Waals surface area contributed by atoms with E-state index < -0.39 is 5.91 Å². The highest BCUT2D eigenvalue weighted by Gasteiger charge is 2.13. The Morgan fingerprint density at radius 1 is 1.21 bits per heavy atom. The van der Waals surface area contributed by atoms with Crippen LogP contribution in [0.2, 0.25) is 0 Å². The summed E-state index contributed by atoms with van der Waals surface area (Å²) >= 11 is 0. The van der Waals surface area contributed by atoms with Gasteiger partial charge in [0.2, 0.25) is 0 Å². The van der Waals surface area contributed by atoms with Gasteiger partial charge in [-0.25, -0.2) is 9.67 Å². The number of pyridine rings is 1. The third-order valence-electron chi connectivity index (χ3n) is 3.08. The lowest BCUT2D eigenvalue weighted by atomic mass is 10.2.